The van der Waals surface area contributed by atoms with Crippen LogP contribution in [-0.2, 0) is 10.0 Å². The third-order valence-electron chi connectivity index (χ3n) is 1.30. The van der Waals surface area contributed by atoms with Crippen LogP contribution in [0.3, 0.4) is 0 Å². The number of rotatable bonds is 3. The molecular weight excluding hydrogens is 301 g/mol. The molecule has 1 N–H and O–H groups in total. The lowest BCUT2D eigenvalue weighted by Crippen LogP contribution is -2.08. The van der Waals surface area contributed by atoms with Crippen molar-refractivity contribution in [3.8, 4) is 0 Å². The van der Waals surface area contributed by atoms with Crippen LogP contribution in [0.1, 0.15) is 0 Å². The number of hydrogen-bond donors (Lipinski definition) is 1. The summed E-state index contributed by atoms with van der Waals surface area (Å²) >= 11 is 2.11. The van der Waals surface area contributed by atoms with Crippen LogP contribution in [0, 0.1) is 3.57 Å². The predicted molar refractivity (Wildman–Crippen MR) is 61.9 cm³/mol. The smallest absolute Gasteiger partial charge is 0.254 e. The molecule has 0 saturated heterocycles. The molecule has 1 aromatic rings. The largest absolute Gasteiger partial charge is 0.280 e. The minimum atomic E-state index is -3.38. The Morgan fingerprint density at radius 1 is 1.46 bits per heavy atom. The lowest BCUT2D eigenvalue weighted by atomic mass is 10.3. The minimum Gasteiger partial charge on any atom is -0.280 e. The number of halogens is 1. The molecule has 0 aliphatic heterocycles. The predicted octanol–water partition coefficient (Wildman–Crippen LogP) is 2.18. The third kappa shape index (κ3) is 3.35. The summed E-state index contributed by atoms with van der Waals surface area (Å²) in [4.78, 5) is 0. The highest BCUT2D eigenvalue weighted by molar-refractivity contribution is 14.1. The number of nitrogens with one attached hydrogen (secondary N) is 1. The van der Waals surface area contributed by atoms with Gasteiger partial charge in [0.1, 0.15) is 0 Å². The molecule has 0 bridgehead atoms. The lowest BCUT2D eigenvalue weighted by Gasteiger charge is -2.03. The fourth-order valence-corrected chi connectivity index (χ4v) is 1.84. The van der Waals surface area contributed by atoms with Crippen molar-refractivity contribution in [1.82, 2.24) is 0 Å². The van der Waals surface area contributed by atoms with Gasteiger partial charge in [0.15, 0.2) is 0 Å². The molecule has 0 atom stereocenters. The Morgan fingerprint density at radius 3 is 2.69 bits per heavy atom. The first-order valence-electron chi connectivity index (χ1n) is 3.44. The van der Waals surface area contributed by atoms with Gasteiger partial charge in [0.2, 0.25) is 0 Å². The van der Waals surface area contributed by atoms with Crippen molar-refractivity contribution in [3.63, 3.8) is 0 Å². The molecule has 13 heavy (non-hydrogen) atoms. The van der Waals surface area contributed by atoms with Gasteiger partial charge in [0.25, 0.3) is 10.0 Å². The average Bonchev–Trinajstić information content (AvgIpc) is 2.03. The van der Waals surface area contributed by atoms with Crippen molar-refractivity contribution in [2.45, 2.75) is 0 Å². The first-order valence-corrected chi connectivity index (χ1v) is 6.07. The van der Waals surface area contributed by atoms with E-state index in [4.69, 9.17) is 0 Å². The Labute approximate surface area is 91.0 Å². The second kappa shape index (κ2) is 4.10. The second-order valence-corrected chi connectivity index (χ2v) is 5.20. The first-order chi connectivity index (χ1) is 6.03. The van der Waals surface area contributed by atoms with Gasteiger partial charge in [-0.2, -0.15) is 0 Å². The molecule has 0 spiro atoms. The summed E-state index contributed by atoms with van der Waals surface area (Å²) in [6.07, 6.45) is 0. The van der Waals surface area contributed by atoms with E-state index in [0.717, 1.165) is 8.98 Å². The average molecular weight is 309 g/mol. The summed E-state index contributed by atoms with van der Waals surface area (Å²) in [5.74, 6) is 0. The molecule has 0 aliphatic carbocycles. The zero-order chi connectivity index (χ0) is 9.90. The second-order valence-electron chi connectivity index (χ2n) is 2.32. The molecule has 0 aromatic heterocycles. The van der Waals surface area contributed by atoms with Gasteiger partial charge in [-0.3, -0.25) is 4.72 Å². The molecule has 0 amide bonds. The van der Waals surface area contributed by atoms with Crippen LogP contribution >= 0.6 is 22.6 Å². The molecule has 1 aromatic carbocycles. The van der Waals surface area contributed by atoms with Crippen LogP contribution in [0.15, 0.2) is 36.3 Å². The fourth-order valence-electron chi connectivity index (χ4n) is 0.758. The summed E-state index contributed by atoms with van der Waals surface area (Å²) in [7, 11) is -3.38. The van der Waals surface area contributed by atoms with E-state index in [1.807, 2.05) is 6.07 Å². The van der Waals surface area contributed by atoms with Crippen LogP contribution in [-0.4, -0.2) is 8.42 Å². The maximum atomic E-state index is 11.0. The molecule has 0 radical (unpaired) electrons. The van der Waals surface area contributed by atoms with E-state index >= 15 is 0 Å². The zero-order valence-corrected chi connectivity index (χ0v) is 9.67. The van der Waals surface area contributed by atoms with Crippen LogP contribution < -0.4 is 4.72 Å². The van der Waals surface area contributed by atoms with Crippen molar-refractivity contribution in [2.24, 2.45) is 0 Å². The quantitative estimate of drug-likeness (QED) is 0.870. The molecule has 3 nitrogen and oxygen atoms in total. The third-order valence-corrected chi connectivity index (χ3v) is 2.93. The highest BCUT2D eigenvalue weighted by Gasteiger charge is 2.03. The molecule has 70 valence electrons. The number of anilines is 1. The molecule has 5 heteroatoms. The summed E-state index contributed by atoms with van der Waals surface area (Å²) < 4.78 is 25.4. The topological polar surface area (TPSA) is 46.2 Å². The van der Waals surface area contributed by atoms with Gasteiger partial charge < -0.3 is 0 Å². The van der Waals surface area contributed by atoms with Crippen molar-refractivity contribution in [2.75, 3.05) is 4.72 Å². The van der Waals surface area contributed by atoms with Crippen molar-refractivity contribution in [1.29, 1.82) is 0 Å². The molecular formula is C8H8INO2S. The number of sulfonamides is 1. The van der Waals surface area contributed by atoms with Crippen molar-refractivity contribution < 1.29 is 8.42 Å². The van der Waals surface area contributed by atoms with E-state index in [0.29, 0.717) is 5.69 Å². The van der Waals surface area contributed by atoms with Gasteiger partial charge in [0, 0.05) is 14.7 Å². The maximum Gasteiger partial charge on any atom is 0.254 e. The fraction of sp³-hybridized carbons (Fsp3) is 0. The highest BCUT2D eigenvalue weighted by Crippen LogP contribution is 2.13. The molecule has 0 unspecified atom stereocenters. The zero-order valence-electron chi connectivity index (χ0n) is 6.70. The van der Waals surface area contributed by atoms with Crippen LogP contribution in [0.5, 0.6) is 0 Å². The van der Waals surface area contributed by atoms with E-state index < -0.39 is 10.0 Å². The lowest BCUT2D eigenvalue weighted by molar-refractivity contribution is 0.609. The van der Waals surface area contributed by atoms with E-state index in [9.17, 15) is 8.42 Å². The summed E-state index contributed by atoms with van der Waals surface area (Å²) in [6.45, 7) is 3.20. The van der Waals surface area contributed by atoms with Crippen LogP contribution in [0.25, 0.3) is 0 Å². The van der Waals surface area contributed by atoms with Crippen molar-refractivity contribution >= 4 is 38.3 Å². The molecule has 0 saturated carbocycles. The summed E-state index contributed by atoms with van der Waals surface area (Å²) in [6, 6.07) is 7.08. The normalized spacial score (nSPS) is 10.8. The Hall–Kier alpha value is -0.560. The van der Waals surface area contributed by atoms with E-state index in [-0.39, 0.29) is 0 Å². The van der Waals surface area contributed by atoms with Gasteiger partial charge in [-0.05, 0) is 40.8 Å². The number of hydrogen-bond acceptors (Lipinski definition) is 2. The van der Waals surface area contributed by atoms with Gasteiger partial charge >= 0.3 is 0 Å². The maximum absolute atomic E-state index is 11.0. The van der Waals surface area contributed by atoms with E-state index in [1.54, 1.807) is 18.2 Å². The van der Waals surface area contributed by atoms with Gasteiger partial charge in [-0.25, -0.2) is 8.42 Å². The van der Waals surface area contributed by atoms with Gasteiger partial charge in [-0.15, -0.1) is 0 Å². The molecule has 0 heterocycles. The highest BCUT2D eigenvalue weighted by atomic mass is 127. The van der Waals surface area contributed by atoms with Gasteiger partial charge in [0.05, 0.1) is 0 Å². The van der Waals surface area contributed by atoms with Crippen molar-refractivity contribution in [3.05, 3.63) is 39.8 Å². The minimum absolute atomic E-state index is 0.548. The number of benzene rings is 1. The molecule has 0 fully saturated rings. The summed E-state index contributed by atoms with van der Waals surface area (Å²) in [5, 5.41) is 0.882. The molecule has 1 rings (SSSR count). The Morgan fingerprint density at radius 2 is 2.15 bits per heavy atom. The Balaban J connectivity index is 2.93. The van der Waals surface area contributed by atoms with E-state index in [2.05, 4.69) is 33.9 Å². The summed E-state index contributed by atoms with van der Waals surface area (Å²) in [5.41, 5.74) is 0.548. The Bertz CT molecular complexity index is 414. The monoisotopic (exact) mass is 309 g/mol. The van der Waals surface area contributed by atoms with Gasteiger partial charge in [-0.1, -0.05) is 12.6 Å². The SMILES string of the molecule is C=CS(=O)(=O)Nc1cccc(I)c1. The first kappa shape index (κ1) is 10.5. The van der Waals surface area contributed by atoms with Crippen LogP contribution in [0.2, 0.25) is 0 Å². The molecule has 0 aliphatic rings. The standard InChI is InChI=1S/C8H8INO2S/c1-2-13(11,12)10-8-5-3-4-7(9)6-8/h2-6,10H,1H2. The Kier molecular flexibility index (Phi) is 3.32. The van der Waals surface area contributed by atoms with E-state index in [1.165, 1.54) is 0 Å². The van der Waals surface area contributed by atoms with Crippen LogP contribution in [0.4, 0.5) is 5.69 Å².